The summed E-state index contributed by atoms with van der Waals surface area (Å²) in [7, 11) is 0. The number of para-hydroxylation sites is 1. The SMILES string of the molecule is CCN(CC(=O)Nc1ccccc1C(F)(F)F)C(C)C(=O)c1[nH]c(C)c(C(C)=O)c1C. The summed E-state index contributed by atoms with van der Waals surface area (Å²) in [6, 6.07) is 3.98. The minimum absolute atomic E-state index is 0.159. The van der Waals surface area contributed by atoms with Crippen LogP contribution in [-0.4, -0.2) is 46.5 Å². The number of Topliss-reactive ketones (excluding diaryl/α,β-unsaturated/α-hetero) is 2. The van der Waals surface area contributed by atoms with Crippen LogP contribution in [0.2, 0.25) is 0 Å². The van der Waals surface area contributed by atoms with Crippen molar-refractivity contribution in [2.45, 2.75) is 46.8 Å². The van der Waals surface area contributed by atoms with Crippen molar-refractivity contribution < 1.29 is 27.6 Å². The zero-order valence-electron chi connectivity index (χ0n) is 18.1. The number of carbonyl (C=O) groups is 3. The lowest BCUT2D eigenvalue weighted by atomic mass is 10.0. The number of benzene rings is 1. The van der Waals surface area contributed by atoms with Gasteiger partial charge in [-0.15, -0.1) is 0 Å². The number of rotatable bonds is 8. The highest BCUT2D eigenvalue weighted by Crippen LogP contribution is 2.34. The van der Waals surface area contributed by atoms with Crippen LogP contribution < -0.4 is 5.32 Å². The minimum atomic E-state index is -4.60. The molecule has 1 aromatic heterocycles. The van der Waals surface area contributed by atoms with Crippen molar-refractivity contribution in [3.63, 3.8) is 0 Å². The molecule has 0 saturated heterocycles. The number of hydrogen-bond acceptors (Lipinski definition) is 4. The van der Waals surface area contributed by atoms with Crippen LogP contribution in [0.15, 0.2) is 24.3 Å². The van der Waals surface area contributed by atoms with Crippen LogP contribution in [0.5, 0.6) is 0 Å². The Morgan fingerprint density at radius 3 is 2.29 bits per heavy atom. The van der Waals surface area contributed by atoms with Crippen LogP contribution in [0.1, 0.15) is 58.4 Å². The number of aromatic nitrogens is 1. The van der Waals surface area contributed by atoms with Gasteiger partial charge >= 0.3 is 6.18 Å². The van der Waals surface area contributed by atoms with Crippen molar-refractivity contribution >= 4 is 23.2 Å². The Bertz CT molecular complexity index is 996. The van der Waals surface area contributed by atoms with Gasteiger partial charge in [-0.05, 0) is 51.9 Å². The normalized spacial score (nSPS) is 12.7. The highest BCUT2D eigenvalue weighted by atomic mass is 19.4. The molecule has 0 aliphatic heterocycles. The second-order valence-corrected chi connectivity index (χ2v) is 7.38. The van der Waals surface area contributed by atoms with Crippen molar-refractivity contribution in [2.75, 3.05) is 18.4 Å². The Kier molecular flexibility index (Phi) is 7.43. The third kappa shape index (κ3) is 5.41. The quantitative estimate of drug-likeness (QED) is 0.601. The zero-order chi connectivity index (χ0) is 23.5. The molecule has 1 aromatic carbocycles. The molecule has 2 aromatic rings. The molecular formula is C22H26F3N3O3. The van der Waals surface area contributed by atoms with E-state index in [1.807, 2.05) is 0 Å². The van der Waals surface area contributed by atoms with Crippen LogP contribution in [0.3, 0.4) is 0 Å². The maximum Gasteiger partial charge on any atom is 0.418 e. The van der Waals surface area contributed by atoms with Gasteiger partial charge in [0.1, 0.15) is 0 Å². The van der Waals surface area contributed by atoms with Gasteiger partial charge in [-0.25, -0.2) is 0 Å². The summed E-state index contributed by atoms with van der Waals surface area (Å²) in [6.07, 6.45) is -4.60. The number of amides is 1. The first-order chi connectivity index (χ1) is 14.4. The molecule has 0 radical (unpaired) electrons. The number of nitrogens with zero attached hydrogens (tertiary/aromatic N) is 1. The van der Waals surface area contributed by atoms with Crippen LogP contribution in [-0.2, 0) is 11.0 Å². The highest BCUT2D eigenvalue weighted by molar-refractivity contribution is 6.05. The van der Waals surface area contributed by atoms with Gasteiger partial charge in [-0.1, -0.05) is 19.1 Å². The second kappa shape index (κ2) is 9.47. The monoisotopic (exact) mass is 437 g/mol. The molecule has 6 nitrogen and oxygen atoms in total. The molecule has 1 amide bonds. The van der Waals surface area contributed by atoms with E-state index in [1.165, 1.54) is 25.1 Å². The van der Waals surface area contributed by atoms with Crippen LogP contribution >= 0.6 is 0 Å². The predicted molar refractivity (Wildman–Crippen MR) is 111 cm³/mol. The van der Waals surface area contributed by atoms with E-state index in [0.717, 1.165) is 6.07 Å². The standard InChI is InChI=1S/C22H26F3N3O3/c1-6-28(11-18(30)27-17-10-8-7-9-16(17)22(23,24)25)14(4)21(31)20-12(2)19(15(5)29)13(3)26-20/h7-10,14,26H,6,11H2,1-5H3,(H,27,30). The van der Waals surface area contributed by atoms with Crippen molar-refractivity contribution in [1.29, 1.82) is 0 Å². The fraction of sp³-hybridized carbons (Fsp3) is 0.409. The van der Waals surface area contributed by atoms with E-state index in [-0.39, 0.29) is 29.5 Å². The fourth-order valence-corrected chi connectivity index (χ4v) is 3.64. The smallest absolute Gasteiger partial charge is 0.355 e. The van der Waals surface area contributed by atoms with Gasteiger partial charge < -0.3 is 10.3 Å². The number of aromatic amines is 1. The molecule has 0 aliphatic rings. The molecule has 31 heavy (non-hydrogen) atoms. The molecule has 0 saturated carbocycles. The van der Waals surface area contributed by atoms with Crippen molar-refractivity contribution in [3.8, 4) is 0 Å². The van der Waals surface area contributed by atoms with Crippen molar-refractivity contribution in [3.05, 3.63) is 52.3 Å². The van der Waals surface area contributed by atoms with E-state index in [0.29, 0.717) is 23.4 Å². The Hall–Kier alpha value is -2.94. The summed E-state index contributed by atoms with van der Waals surface area (Å²) >= 11 is 0. The number of H-pyrrole nitrogens is 1. The molecule has 0 spiro atoms. The van der Waals surface area contributed by atoms with Crippen LogP contribution in [0.25, 0.3) is 0 Å². The number of halogens is 3. The number of anilines is 1. The molecule has 0 fully saturated rings. The summed E-state index contributed by atoms with van der Waals surface area (Å²) < 4.78 is 39.4. The molecular weight excluding hydrogens is 411 g/mol. The first kappa shape index (κ1) is 24.3. The Balaban J connectivity index is 2.18. The maximum absolute atomic E-state index is 13.1. The van der Waals surface area contributed by atoms with E-state index >= 15 is 0 Å². The maximum atomic E-state index is 13.1. The average Bonchev–Trinajstić information content (AvgIpc) is 2.98. The summed E-state index contributed by atoms with van der Waals surface area (Å²) in [6.45, 7) is 8.21. The molecule has 2 rings (SSSR count). The zero-order valence-corrected chi connectivity index (χ0v) is 18.1. The topological polar surface area (TPSA) is 82.3 Å². The third-order valence-corrected chi connectivity index (χ3v) is 5.22. The number of aryl methyl sites for hydroxylation is 1. The Morgan fingerprint density at radius 2 is 1.77 bits per heavy atom. The molecule has 2 N–H and O–H groups in total. The largest absolute Gasteiger partial charge is 0.418 e. The first-order valence-corrected chi connectivity index (χ1v) is 9.82. The fourth-order valence-electron chi connectivity index (χ4n) is 3.64. The lowest BCUT2D eigenvalue weighted by Gasteiger charge is -2.26. The lowest BCUT2D eigenvalue weighted by Crippen LogP contribution is -2.43. The van der Waals surface area contributed by atoms with Gasteiger partial charge in [0.05, 0.1) is 29.5 Å². The number of ketones is 2. The van der Waals surface area contributed by atoms with Gasteiger partial charge in [-0.2, -0.15) is 13.2 Å². The summed E-state index contributed by atoms with van der Waals surface area (Å²) in [5.41, 5.74) is 0.602. The van der Waals surface area contributed by atoms with Gasteiger partial charge in [0, 0.05) is 11.3 Å². The molecule has 9 heteroatoms. The summed E-state index contributed by atoms with van der Waals surface area (Å²) in [5.74, 6) is -1.13. The van der Waals surface area contributed by atoms with Crippen molar-refractivity contribution in [2.24, 2.45) is 0 Å². The van der Waals surface area contributed by atoms with E-state index < -0.39 is 23.7 Å². The number of likely N-dealkylation sites (N-methyl/N-ethyl adjacent to an activating group) is 1. The van der Waals surface area contributed by atoms with E-state index in [9.17, 15) is 27.6 Å². The Morgan fingerprint density at radius 1 is 1.16 bits per heavy atom. The summed E-state index contributed by atoms with van der Waals surface area (Å²) in [4.78, 5) is 41.8. The van der Waals surface area contributed by atoms with Gasteiger partial charge in [0.25, 0.3) is 0 Å². The van der Waals surface area contributed by atoms with E-state index in [2.05, 4.69) is 10.3 Å². The number of carbonyl (C=O) groups excluding carboxylic acids is 3. The molecule has 0 bridgehead atoms. The van der Waals surface area contributed by atoms with Crippen LogP contribution in [0.4, 0.5) is 18.9 Å². The molecule has 0 aliphatic carbocycles. The van der Waals surface area contributed by atoms with E-state index in [1.54, 1.807) is 32.6 Å². The Labute approximate surface area is 178 Å². The minimum Gasteiger partial charge on any atom is -0.355 e. The first-order valence-electron chi connectivity index (χ1n) is 9.82. The lowest BCUT2D eigenvalue weighted by molar-refractivity contribution is -0.137. The van der Waals surface area contributed by atoms with Gasteiger partial charge in [0.2, 0.25) is 5.91 Å². The molecule has 1 atom stereocenters. The number of alkyl halides is 3. The third-order valence-electron chi connectivity index (χ3n) is 5.22. The van der Waals surface area contributed by atoms with Gasteiger partial charge in [-0.3, -0.25) is 19.3 Å². The molecule has 168 valence electrons. The van der Waals surface area contributed by atoms with E-state index in [4.69, 9.17) is 0 Å². The molecule has 1 unspecified atom stereocenters. The van der Waals surface area contributed by atoms with Crippen molar-refractivity contribution in [1.82, 2.24) is 9.88 Å². The second-order valence-electron chi connectivity index (χ2n) is 7.38. The highest BCUT2D eigenvalue weighted by Gasteiger charge is 2.34. The summed E-state index contributed by atoms with van der Waals surface area (Å²) in [5, 5.41) is 2.29. The number of nitrogens with one attached hydrogen (secondary N) is 2. The predicted octanol–water partition coefficient (Wildman–Crippen LogP) is 4.38. The molecule has 1 heterocycles. The average molecular weight is 437 g/mol. The van der Waals surface area contributed by atoms with Gasteiger partial charge in [0.15, 0.2) is 11.6 Å². The van der Waals surface area contributed by atoms with Crippen LogP contribution in [0, 0.1) is 13.8 Å². The number of hydrogen-bond donors (Lipinski definition) is 2.